The number of anilines is 1. The number of nitrogens with zero attached hydrogens (tertiary/aromatic N) is 5. The van der Waals surface area contributed by atoms with Crippen molar-refractivity contribution in [1.29, 1.82) is 5.26 Å². The smallest absolute Gasteiger partial charge is 0.267 e. The van der Waals surface area contributed by atoms with E-state index in [4.69, 9.17) is 11.6 Å². The Morgan fingerprint density at radius 2 is 1.94 bits per heavy atom. The van der Waals surface area contributed by atoms with Gasteiger partial charge in [0.25, 0.3) is 10.8 Å². The highest BCUT2D eigenvalue weighted by Gasteiger charge is 2.75. The predicted molar refractivity (Wildman–Crippen MR) is 125 cm³/mol. The highest BCUT2D eigenvalue weighted by molar-refractivity contribution is 14.1. The molecule has 11 nitrogen and oxygen atoms in total. The fraction of sp³-hybridized carbons (Fsp3) is 0.250. The molecule has 0 aliphatic carbocycles. The second kappa shape index (κ2) is 7.68. The van der Waals surface area contributed by atoms with Crippen LogP contribution in [0.1, 0.15) is 5.56 Å². The maximum Gasteiger partial charge on any atom is 0.433 e. The minimum atomic E-state index is -4.24. The number of fused-ring (bicyclic) bond motifs is 1. The van der Waals surface area contributed by atoms with E-state index in [1.807, 2.05) is 28.7 Å². The zero-order chi connectivity index (χ0) is 24.6. The summed E-state index contributed by atoms with van der Waals surface area (Å²) in [5.41, 5.74) is 0.208. The maximum atomic E-state index is 13.8. The van der Waals surface area contributed by atoms with Crippen LogP contribution in [0.4, 0.5) is 16.2 Å². The van der Waals surface area contributed by atoms with E-state index in [9.17, 15) is 33.4 Å². The first-order valence-corrected chi connectivity index (χ1v) is 12.9. The van der Waals surface area contributed by atoms with Gasteiger partial charge in [-0.25, -0.2) is 23.3 Å². The van der Waals surface area contributed by atoms with Gasteiger partial charge in [-0.05, 0) is 52.9 Å². The zero-order valence-corrected chi connectivity index (χ0v) is 20.9. The molecule has 3 aliphatic rings. The summed E-state index contributed by atoms with van der Waals surface area (Å²) < 4.78 is 27.3. The molecule has 3 heterocycles. The Kier molecular flexibility index (Phi) is 5.22. The van der Waals surface area contributed by atoms with Crippen molar-refractivity contribution in [3.63, 3.8) is 0 Å². The van der Waals surface area contributed by atoms with Gasteiger partial charge in [0, 0.05) is 9.64 Å². The monoisotopic (exact) mass is 615 g/mol. The number of carbonyl (C=O) groups is 2. The molecule has 3 aliphatic heterocycles. The molecule has 4 atom stereocenters. The van der Waals surface area contributed by atoms with Crippen LogP contribution < -0.4 is 4.90 Å². The van der Waals surface area contributed by atoms with E-state index >= 15 is 0 Å². The highest BCUT2D eigenvalue weighted by Crippen LogP contribution is 2.46. The van der Waals surface area contributed by atoms with E-state index in [0.717, 1.165) is 11.0 Å². The summed E-state index contributed by atoms with van der Waals surface area (Å²) in [5, 5.41) is 17.0. The van der Waals surface area contributed by atoms with Crippen molar-refractivity contribution >= 4 is 67.3 Å². The average Bonchev–Trinajstić information content (AvgIpc) is 3.42. The van der Waals surface area contributed by atoms with E-state index in [1.165, 1.54) is 24.3 Å². The molecule has 34 heavy (non-hydrogen) atoms. The number of rotatable bonds is 4. The van der Waals surface area contributed by atoms with Crippen LogP contribution in [0.25, 0.3) is 0 Å². The Morgan fingerprint density at radius 3 is 2.59 bits per heavy atom. The molecular formula is C20H15ClIN5O6S+2. The summed E-state index contributed by atoms with van der Waals surface area (Å²) >= 11 is 7.82. The van der Waals surface area contributed by atoms with Crippen molar-refractivity contribution in [2.75, 3.05) is 24.7 Å². The van der Waals surface area contributed by atoms with Crippen LogP contribution in [0.3, 0.4) is 0 Å². The molecule has 3 amide bonds. The van der Waals surface area contributed by atoms with Gasteiger partial charge in [0.05, 0.1) is 34.1 Å². The number of amides is 3. The summed E-state index contributed by atoms with van der Waals surface area (Å²) in [6, 6.07) is 8.31. The van der Waals surface area contributed by atoms with Crippen molar-refractivity contribution in [2.45, 2.75) is 16.3 Å². The topological polar surface area (TPSA) is 139 Å². The van der Waals surface area contributed by atoms with Crippen LogP contribution in [0.15, 0.2) is 41.3 Å². The number of halogens is 2. The number of piperazine rings is 1. The Hall–Kier alpha value is -2.64. The summed E-state index contributed by atoms with van der Waals surface area (Å²) in [6.45, 7) is 0.309. The number of carbonyl (C=O) groups excluding carboxylic acids is 2. The maximum absolute atomic E-state index is 13.8. The van der Waals surface area contributed by atoms with Crippen LogP contribution in [-0.4, -0.2) is 71.0 Å². The number of imide groups is 1. The summed E-state index contributed by atoms with van der Waals surface area (Å²) in [7, 11) is -4.24. The quantitative estimate of drug-likeness (QED) is 0.239. The van der Waals surface area contributed by atoms with Crippen LogP contribution in [-0.2, 0) is 14.6 Å². The van der Waals surface area contributed by atoms with Crippen molar-refractivity contribution in [2.24, 2.45) is 0 Å². The highest BCUT2D eigenvalue weighted by atomic mass is 127. The van der Waals surface area contributed by atoms with Crippen molar-refractivity contribution in [3.8, 4) is 6.07 Å². The minimum Gasteiger partial charge on any atom is -0.267 e. The van der Waals surface area contributed by atoms with Crippen molar-refractivity contribution in [1.82, 2.24) is 4.90 Å². The van der Waals surface area contributed by atoms with Crippen molar-refractivity contribution in [3.05, 3.63) is 55.5 Å². The molecule has 174 valence electrons. The number of hydrogen-bond acceptors (Lipinski definition) is 7. The molecule has 0 radical (unpaired) electrons. The number of nitriles is 1. The van der Waals surface area contributed by atoms with Gasteiger partial charge in [-0.1, -0.05) is 11.6 Å². The van der Waals surface area contributed by atoms with E-state index < -0.39 is 48.3 Å². The standard InChI is InChI=1S/C20H15ClIN5O6S/c21-14-4-3-13(6-16(14)26(30)31)34(32,33)18-9-24-8-17-19(28)25(20(29)27(17,18)10-24)12-2-1-11(7-23)15(22)5-12/h1-6,17-18H,8-10H2,(H,30,31)/q+2. The van der Waals surface area contributed by atoms with Gasteiger partial charge in [-0.15, -0.1) is 0 Å². The molecule has 14 heteroatoms. The molecule has 0 saturated carbocycles. The Balaban J connectivity index is 1.59. The number of benzene rings is 2. The first-order chi connectivity index (χ1) is 16.0. The second-order valence-corrected chi connectivity index (χ2v) is 11.9. The summed E-state index contributed by atoms with van der Waals surface area (Å²) in [4.78, 5) is 40.4. The van der Waals surface area contributed by atoms with Gasteiger partial charge >= 0.3 is 11.7 Å². The lowest BCUT2D eigenvalue weighted by Gasteiger charge is -2.33. The molecule has 5 rings (SSSR count). The normalized spacial score (nSPS) is 27.7. The third-order valence-corrected chi connectivity index (χ3v) is 9.91. The Bertz CT molecular complexity index is 1460. The van der Waals surface area contributed by atoms with Crippen LogP contribution in [0, 0.1) is 19.8 Å². The number of quaternary nitrogens is 1. The molecule has 3 unspecified atom stereocenters. The molecule has 2 aromatic carbocycles. The molecule has 3 saturated heterocycles. The largest absolute Gasteiger partial charge is 0.433 e. The lowest BCUT2D eigenvalue weighted by molar-refractivity contribution is -0.848. The Morgan fingerprint density at radius 1 is 1.21 bits per heavy atom. The van der Waals surface area contributed by atoms with Gasteiger partial charge in [0.15, 0.2) is 6.04 Å². The number of sulfone groups is 1. The Labute approximate surface area is 211 Å². The molecule has 1 spiro atoms. The van der Waals surface area contributed by atoms with E-state index in [2.05, 4.69) is 0 Å². The fourth-order valence-corrected chi connectivity index (χ4v) is 7.84. The van der Waals surface area contributed by atoms with Crippen LogP contribution >= 0.6 is 34.2 Å². The van der Waals surface area contributed by atoms with Crippen LogP contribution in [0.5, 0.6) is 0 Å². The number of hydrogen-bond donors (Lipinski definition) is 1. The molecule has 3 fully saturated rings. The summed E-state index contributed by atoms with van der Waals surface area (Å²) in [6.07, 6.45) is 0. The molecule has 1 N–H and O–H groups in total. The van der Waals surface area contributed by atoms with Crippen LogP contribution in [0.2, 0.25) is 5.02 Å². The van der Waals surface area contributed by atoms with Crippen molar-refractivity contribution < 1.29 is 32.6 Å². The van der Waals surface area contributed by atoms with E-state index in [-0.39, 0.29) is 35.4 Å². The predicted octanol–water partition coefficient (Wildman–Crippen LogP) is 2.35. The molecule has 2 bridgehead atoms. The SMILES string of the molecule is N#Cc1ccc(N2C(=O)C3C[N@@]4CC(S(=O)(=O)c5ccc(Cl)c([N+](=O)O)c5)[N+]3(C4)C2=O)cc1I. The average molecular weight is 616 g/mol. The minimum absolute atomic E-state index is 0.0226. The fourth-order valence-electron chi connectivity index (χ4n) is 4.98. The van der Waals surface area contributed by atoms with Gasteiger partial charge in [0.2, 0.25) is 15.2 Å². The third-order valence-electron chi connectivity index (χ3n) is 6.54. The van der Waals surface area contributed by atoms with Gasteiger partial charge in [-0.2, -0.15) is 14.6 Å². The molecule has 0 aromatic heterocycles. The van der Waals surface area contributed by atoms with Gasteiger partial charge < -0.3 is 0 Å². The molecule has 2 aromatic rings. The first-order valence-electron chi connectivity index (χ1n) is 9.90. The summed E-state index contributed by atoms with van der Waals surface area (Å²) in [5.74, 6) is -0.509. The lowest BCUT2D eigenvalue weighted by Crippen LogP contribution is -2.62. The third kappa shape index (κ3) is 3.02. The first kappa shape index (κ1) is 23.1. The van der Waals surface area contributed by atoms with E-state index in [0.29, 0.717) is 9.13 Å². The molecular weight excluding hydrogens is 601 g/mol. The zero-order valence-electron chi connectivity index (χ0n) is 17.1. The number of urea groups is 1. The van der Waals surface area contributed by atoms with Gasteiger partial charge in [-0.3, -0.25) is 4.79 Å². The van der Waals surface area contributed by atoms with E-state index in [1.54, 1.807) is 11.0 Å². The second-order valence-electron chi connectivity index (χ2n) is 8.24. The van der Waals surface area contributed by atoms with Gasteiger partial charge in [0.1, 0.15) is 17.8 Å². The lowest BCUT2D eigenvalue weighted by atomic mass is 10.2.